The van der Waals surface area contributed by atoms with Crippen LogP contribution in [0.4, 0.5) is 11.4 Å². The lowest BCUT2D eigenvalue weighted by Gasteiger charge is -2.13. The second-order valence-electron chi connectivity index (χ2n) is 9.65. The van der Waals surface area contributed by atoms with E-state index in [0.29, 0.717) is 37.7 Å². The first-order valence-electron chi connectivity index (χ1n) is 12.9. The molecule has 8 nitrogen and oxygen atoms in total. The van der Waals surface area contributed by atoms with Gasteiger partial charge in [0, 0.05) is 6.08 Å². The number of rotatable bonds is 5. The zero-order valence-electron chi connectivity index (χ0n) is 22.2. The van der Waals surface area contributed by atoms with Crippen molar-refractivity contribution in [3.63, 3.8) is 0 Å². The van der Waals surface area contributed by atoms with Gasteiger partial charge in [-0.2, -0.15) is 0 Å². The van der Waals surface area contributed by atoms with Crippen molar-refractivity contribution in [1.29, 1.82) is 0 Å². The number of carbonyl (C=O) groups excluding carboxylic acids is 3. The predicted molar refractivity (Wildman–Crippen MR) is 167 cm³/mol. The number of furan rings is 1. The fourth-order valence-corrected chi connectivity index (χ4v) is 7.43. The number of imide groups is 1. The SMILES string of the molecule is Cc1ccc(C)c(N=C2NC(=O)/C(=C/c3ccc(Sc4nc5ccc(N6C(=O)c7ccccc7C6=O)cc5s4)o3)S2)c1. The molecule has 206 valence electrons. The van der Waals surface area contributed by atoms with Crippen LogP contribution >= 0.6 is 34.9 Å². The molecule has 1 saturated heterocycles. The Morgan fingerprint density at radius 1 is 0.952 bits per heavy atom. The first-order valence-corrected chi connectivity index (χ1v) is 15.3. The normalized spacial score (nSPS) is 16.7. The van der Waals surface area contributed by atoms with Crippen molar-refractivity contribution in [2.75, 3.05) is 4.90 Å². The van der Waals surface area contributed by atoms with Crippen molar-refractivity contribution >= 4 is 85.4 Å². The number of aromatic nitrogens is 1. The molecule has 11 heteroatoms. The molecule has 3 amide bonds. The number of amidine groups is 1. The van der Waals surface area contributed by atoms with E-state index >= 15 is 0 Å². The zero-order chi connectivity index (χ0) is 29.0. The van der Waals surface area contributed by atoms with Crippen molar-refractivity contribution in [2.24, 2.45) is 4.99 Å². The fourth-order valence-electron chi connectivity index (χ4n) is 4.61. The molecule has 0 unspecified atom stereocenters. The van der Waals surface area contributed by atoms with Crippen LogP contribution in [0.25, 0.3) is 16.3 Å². The number of thiazole rings is 1. The molecule has 2 aromatic heterocycles. The Kier molecular flexibility index (Phi) is 6.57. The highest BCUT2D eigenvalue weighted by atomic mass is 32.2. The number of carbonyl (C=O) groups is 3. The lowest BCUT2D eigenvalue weighted by atomic mass is 10.1. The Morgan fingerprint density at radius 3 is 2.52 bits per heavy atom. The predicted octanol–water partition coefficient (Wildman–Crippen LogP) is 7.35. The van der Waals surface area contributed by atoms with Crippen LogP contribution in [0, 0.1) is 13.8 Å². The van der Waals surface area contributed by atoms with E-state index in [4.69, 9.17) is 4.42 Å². The third-order valence-electron chi connectivity index (χ3n) is 6.71. The molecule has 3 aromatic carbocycles. The van der Waals surface area contributed by atoms with Crippen molar-refractivity contribution in [2.45, 2.75) is 23.3 Å². The summed E-state index contributed by atoms with van der Waals surface area (Å²) >= 11 is 4.07. The molecule has 4 heterocycles. The maximum Gasteiger partial charge on any atom is 0.266 e. The lowest BCUT2D eigenvalue weighted by Crippen LogP contribution is -2.29. The zero-order valence-corrected chi connectivity index (χ0v) is 24.7. The maximum atomic E-state index is 12.9. The number of anilines is 1. The highest BCUT2D eigenvalue weighted by Gasteiger charge is 2.36. The van der Waals surface area contributed by atoms with Gasteiger partial charge in [-0.1, -0.05) is 24.3 Å². The Morgan fingerprint density at radius 2 is 1.74 bits per heavy atom. The van der Waals surface area contributed by atoms with Crippen LogP contribution in [0.1, 0.15) is 37.6 Å². The molecular formula is C31H20N4O4S3. The quantitative estimate of drug-likeness (QED) is 0.164. The molecule has 0 atom stereocenters. The summed E-state index contributed by atoms with van der Waals surface area (Å²) in [5.74, 6) is -0.347. The van der Waals surface area contributed by atoms with Crippen LogP contribution in [0.2, 0.25) is 0 Å². The third-order valence-corrected chi connectivity index (χ3v) is 9.61. The minimum absolute atomic E-state index is 0.227. The Labute approximate surface area is 252 Å². The van der Waals surface area contributed by atoms with Gasteiger partial charge in [-0.25, -0.2) is 14.9 Å². The number of benzene rings is 3. The summed E-state index contributed by atoms with van der Waals surface area (Å²) in [6, 6.07) is 21.8. The molecule has 2 aliphatic heterocycles. The van der Waals surface area contributed by atoms with Gasteiger partial charge in [-0.05, 0) is 97.0 Å². The number of amides is 3. The highest BCUT2D eigenvalue weighted by Crippen LogP contribution is 2.38. The minimum atomic E-state index is -0.330. The molecule has 2 aliphatic rings. The van der Waals surface area contributed by atoms with E-state index in [1.165, 1.54) is 39.8 Å². The van der Waals surface area contributed by atoms with Crippen LogP contribution < -0.4 is 10.2 Å². The standard InChI is InChI=1S/C31H20N4O4S3/c1-16-7-8-17(2)23(13-16)32-30-34-27(36)25(40-30)15-19-10-12-26(39-19)42-31-33-22-11-9-18(14-24(22)41-31)35-28(37)20-5-3-4-6-21(20)29(35)38/h3-15H,1-2H3,(H,32,34,36)/b25-15-. The Balaban J connectivity index is 1.07. The largest absolute Gasteiger partial charge is 0.450 e. The minimum Gasteiger partial charge on any atom is -0.450 e. The number of hydrogen-bond donors (Lipinski definition) is 1. The molecule has 42 heavy (non-hydrogen) atoms. The number of nitrogens with zero attached hydrogens (tertiary/aromatic N) is 3. The van der Waals surface area contributed by atoms with E-state index in [1.807, 2.05) is 44.2 Å². The summed E-state index contributed by atoms with van der Waals surface area (Å²) in [5, 5.41) is 3.97. The van der Waals surface area contributed by atoms with Crippen molar-refractivity contribution in [3.05, 3.63) is 106 Å². The molecule has 7 rings (SSSR count). The van der Waals surface area contributed by atoms with Crippen molar-refractivity contribution in [3.8, 4) is 0 Å². The fraction of sp³-hybridized carbons (Fsp3) is 0.0645. The number of nitrogens with one attached hydrogen (secondary N) is 1. The van der Waals surface area contributed by atoms with Crippen LogP contribution in [0.3, 0.4) is 0 Å². The molecular weight excluding hydrogens is 589 g/mol. The smallest absolute Gasteiger partial charge is 0.266 e. The Bertz CT molecular complexity index is 1990. The number of thioether (sulfide) groups is 1. The van der Waals surface area contributed by atoms with E-state index in [0.717, 1.165) is 31.4 Å². The van der Waals surface area contributed by atoms with E-state index in [-0.39, 0.29) is 17.7 Å². The van der Waals surface area contributed by atoms with Gasteiger partial charge < -0.3 is 9.73 Å². The van der Waals surface area contributed by atoms with Crippen molar-refractivity contribution < 1.29 is 18.8 Å². The summed E-state index contributed by atoms with van der Waals surface area (Å²) in [6.45, 7) is 3.99. The van der Waals surface area contributed by atoms with Gasteiger partial charge in [0.25, 0.3) is 17.7 Å². The number of aryl methyl sites for hydroxylation is 2. The molecule has 0 aliphatic carbocycles. The average Bonchev–Trinajstić information content (AvgIpc) is 3.73. The number of hydrogen-bond acceptors (Lipinski definition) is 9. The van der Waals surface area contributed by atoms with Crippen LogP contribution in [0.5, 0.6) is 0 Å². The summed E-state index contributed by atoms with van der Waals surface area (Å²) in [5.41, 5.74) is 5.03. The molecule has 0 spiro atoms. The first kappa shape index (κ1) is 26.4. The van der Waals surface area contributed by atoms with Gasteiger partial charge in [0.05, 0.1) is 37.6 Å². The van der Waals surface area contributed by atoms with Gasteiger partial charge in [-0.3, -0.25) is 14.4 Å². The second kappa shape index (κ2) is 10.4. The van der Waals surface area contributed by atoms with Gasteiger partial charge in [-0.15, -0.1) is 11.3 Å². The second-order valence-corrected chi connectivity index (χ2v) is 13.0. The molecule has 1 fully saturated rings. The lowest BCUT2D eigenvalue weighted by molar-refractivity contribution is -0.115. The highest BCUT2D eigenvalue weighted by molar-refractivity contribution is 8.18. The van der Waals surface area contributed by atoms with Gasteiger partial charge >= 0.3 is 0 Å². The molecule has 1 N–H and O–H groups in total. The van der Waals surface area contributed by atoms with E-state index < -0.39 is 0 Å². The average molecular weight is 609 g/mol. The third kappa shape index (κ3) is 4.85. The summed E-state index contributed by atoms with van der Waals surface area (Å²) < 4.78 is 7.56. The molecule has 0 saturated carbocycles. The summed E-state index contributed by atoms with van der Waals surface area (Å²) in [6.07, 6.45) is 1.70. The molecule has 0 radical (unpaired) electrons. The van der Waals surface area contributed by atoms with Crippen LogP contribution in [0.15, 0.2) is 96.5 Å². The number of fused-ring (bicyclic) bond motifs is 2. The molecule has 0 bridgehead atoms. The van der Waals surface area contributed by atoms with Gasteiger partial charge in [0.1, 0.15) is 5.76 Å². The monoisotopic (exact) mass is 608 g/mol. The van der Waals surface area contributed by atoms with E-state index in [1.54, 1.807) is 48.5 Å². The van der Waals surface area contributed by atoms with Crippen LogP contribution in [-0.2, 0) is 4.79 Å². The summed E-state index contributed by atoms with van der Waals surface area (Å²) in [4.78, 5) is 49.4. The van der Waals surface area contributed by atoms with Crippen molar-refractivity contribution in [1.82, 2.24) is 10.3 Å². The molecule has 5 aromatic rings. The van der Waals surface area contributed by atoms with Gasteiger partial charge in [0.2, 0.25) is 0 Å². The van der Waals surface area contributed by atoms with Gasteiger partial charge in [0.15, 0.2) is 14.6 Å². The van der Waals surface area contributed by atoms with E-state index in [2.05, 4.69) is 15.3 Å². The Hall–Kier alpha value is -4.45. The maximum absolute atomic E-state index is 12.9. The number of aliphatic imine (C=N–C) groups is 1. The first-order chi connectivity index (χ1) is 20.3. The van der Waals surface area contributed by atoms with E-state index in [9.17, 15) is 14.4 Å². The summed E-state index contributed by atoms with van der Waals surface area (Å²) in [7, 11) is 0. The topological polar surface area (TPSA) is 105 Å². The van der Waals surface area contributed by atoms with Crippen LogP contribution in [-0.4, -0.2) is 27.9 Å².